The van der Waals surface area contributed by atoms with Crippen LogP contribution in [-0.4, -0.2) is 30.1 Å². The maximum absolute atomic E-state index is 13.5. The molecule has 2 aromatic rings. The normalized spacial score (nSPS) is 25.3. The summed E-state index contributed by atoms with van der Waals surface area (Å²) in [5, 5.41) is -0.481. The van der Waals surface area contributed by atoms with Crippen molar-refractivity contribution in [2.75, 3.05) is 12.0 Å². The van der Waals surface area contributed by atoms with Gasteiger partial charge in [0.2, 0.25) is 11.8 Å². The molecule has 8 heteroatoms. The van der Waals surface area contributed by atoms with E-state index in [1.165, 1.54) is 12.0 Å². The van der Waals surface area contributed by atoms with Crippen molar-refractivity contribution in [1.82, 2.24) is 0 Å². The Bertz CT molecular complexity index is 1110. The molecule has 0 saturated carbocycles. The van der Waals surface area contributed by atoms with Gasteiger partial charge in [0.25, 0.3) is 0 Å². The molecule has 29 heavy (non-hydrogen) atoms. The van der Waals surface area contributed by atoms with Crippen molar-refractivity contribution in [3.63, 3.8) is 0 Å². The van der Waals surface area contributed by atoms with Crippen molar-refractivity contribution in [2.24, 2.45) is 11.7 Å². The third kappa shape index (κ3) is 2.49. The van der Waals surface area contributed by atoms with Crippen LogP contribution >= 0.6 is 11.8 Å². The van der Waals surface area contributed by atoms with Gasteiger partial charge in [-0.25, -0.2) is 9.69 Å². The molecule has 3 atom stereocenters. The van der Waals surface area contributed by atoms with Gasteiger partial charge in [0.05, 0.1) is 29.3 Å². The minimum Gasteiger partial charge on any atom is -0.497 e. The molecule has 146 valence electrons. The number of hydrogen-bond donors (Lipinski definition) is 1. The molecule has 2 amide bonds. The van der Waals surface area contributed by atoms with E-state index in [0.717, 1.165) is 11.8 Å². The predicted molar refractivity (Wildman–Crippen MR) is 106 cm³/mol. The highest BCUT2D eigenvalue weighted by Gasteiger charge is 2.58. The largest absolute Gasteiger partial charge is 0.497 e. The molecule has 0 bridgehead atoms. The van der Waals surface area contributed by atoms with Gasteiger partial charge in [0.1, 0.15) is 16.7 Å². The Hall–Kier alpha value is -3.26. The second-order valence-electron chi connectivity index (χ2n) is 6.96. The van der Waals surface area contributed by atoms with Gasteiger partial charge in [0.15, 0.2) is 0 Å². The number of imide groups is 1. The zero-order valence-corrected chi connectivity index (χ0v) is 16.1. The number of esters is 1. The van der Waals surface area contributed by atoms with E-state index in [4.69, 9.17) is 15.2 Å². The highest BCUT2D eigenvalue weighted by molar-refractivity contribution is 8.04. The molecule has 0 spiro atoms. The first-order chi connectivity index (χ1) is 14.0. The van der Waals surface area contributed by atoms with Crippen LogP contribution in [0.2, 0.25) is 0 Å². The van der Waals surface area contributed by atoms with Gasteiger partial charge < -0.3 is 15.2 Å². The van der Waals surface area contributed by atoms with Crippen molar-refractivity contribution >= 4 is 35.2 Å². The van der Waals surface area contributed by atoms with Gasteiger partial charge in [-0.3, -0.25) is 9.59 Å². The van der Waals surface area contributed by atoms with E-state index in [1.807, 2.05) is 6.07 Å². The van der Waals surface area contributed by atoms with Crippen molar-refractivity contribution < 1.29 is 23.9 Å². The number of carbonyl (C=O) groups is 3. The van der Waals surface area contributed by atoms with Crippen LogP contribution in [0.4, 0.5) is 5.69 Å². The Morgan fingerprint density at radius 3 is 2.66 bits per heavy atom. The summed E-state index contributed by atoms with van der Waals surface area (Å²) in [5.41, 5.74) is 7.54. The molecule has 0 unspecified atom stereocenters. The maximum atomic E-state index is 13.5. The molecule has 1 fully saturated rings. The average Bonchev–Trinajstić information content (AvgIpc) is 2.97. The average molecular weight is 408 g/mol. The van der Waals surface area contributed by atoms with Crippen molar-refractivity contribution in [1.29, 1.82) is 0 Å². The number of ether oxygens (including phenoxy) is 2. The Labute approximate surface area is 170 Å². The molecule has 3 aliphatic rings. The number of anilines is 1. The van der Waals surface area contributed by atoms with Gasteiger partial charge in [-0.2, -0.15) is 0 Å². The number of carbonyl (C=O) groups excluding carboxylic acids is 3. The molecule has 2 aromatic carbocycles. The second kappa shape index (κ2) is 6.38. The van der Waals surface area contributed by atoms with E-state index in [1.54, 1.807) is 42.5 Å². The number of methoxy groups -OCH3 is 1. The first-order valence-corrected chi connectivity index (χ1v) is 9.88. The summed E-state index contributed by atoms with van der Waals surface area (Å²) in [5.74, 6) is -1.71. The van der Waals surface area contributed by atoms with E-state index in [2.05, 4.69) is 0 Å². The molecule has 0 aliphatic carbocycles. The molecule has 7 nitrogen and oxygen atoms in total. The standard InChI is InChI=1S/C21H16N2O5S/c1-27-11-6-4-5-10(9-11)23-19(24)15-14-12-7-2-3-8-13(12)28-21(26)16(14)18(22)29-17(15)20(23)25/h2-9,14-15,17H,22H2,1H3/t14-,15-,17-/m1/s1. The molecule has 3 aliphatic heterocycles. The monoisotopic (exact) mass is 408 g/mol. The highest BCUT2D eigenvalue weighted by Crippen LogP contribution is 2.54. The van der Waals surface area contributed by atoms with Gasteiger partial charge in [-0.1, -0.05) is 36.0 Å². The smallest absolute Gasteiger partial charge is 0.342 e. The zero-order chi connectivity index (χ0) is 20.3. The van der Waals surface area contributed by atoms with Crippen LogP contribution in [0.3, 0.4) is 0 Å². The second-order valence-corrected chi connectivity index (χ2v) is 8.14. The van der Waals surface area contributed by atoms with Crippen molar-refractivity contribution in [2.45, 2.75) is 11.2 Å². The van der Waals surface area contributed by atoms with Gasteiger partial charge in [-0.05, 0) is 18.2 Å². The molecule has 2 N–H and O–H groups in total. The van der Waals surface area contributed by atoms with E-state index < -0.39 is 23.1 Å². The first-order valence-electron chi connectivity index (χ1n) is 9.00. The van der Waals surface area contributed by atoms with Crippen molar-refractivity contribution in [3.05, 3.63) is 64.7 Å². The lowest BCUT2D eigenvalue weighted by atomic mass is 9.77. The lowest BCUT2D eigenvalue weighted by molar-refractivity contribution is -0.131. The summed E-state index contributed by atoms with van der Waals surface area (Å²) in [4.78, 5) is 40.5. The topological polar surface area (TPSA) is 98.9 Å². The van der Waals surface area contributed by atoms with Gasteiger partial charge >= 0.3 is 5.97 Å². The lowest BCUT2D eigenvalue weighted by Crippen LogP contribution is -2.39. The Kier molecular flexibility index (Phi) is 3.92. The Morgan fingerprint density at radius 1 is 1.07 bits per heavy atom. The quantitative estimate of drug-likeness (QED) is 0.462. The predicted octanol–water partition coefficient (Wildman–Crippen LogP) is 2.17. The molecule has 0 aromatic heterocycles. The van der Waals surface area contributed by atoms with Crippen LogP contribution in [-0.2, 0) is 14.4 Å². The van der Waals surface area contributed by atoms with Crippen molar-refractivity contribution in [3.8, 4) is 11.5 Å². The van der Waals surface area contributed by atoms with E-state index in [-0.39, 0.29) is 22.4 Å². The molecular weight excluding hydrogens is 392 g/mol. The van der Waals surface area contributed by atoms with Crippen LogP contribution < -0.4 is 20.1 Å². The summed E-state index contributed by atoms with van der Waals surface area (Å²) in [7, 11) is 1.52. The highest BCUT2D eigenvalue weighted by atomic mass is 32.2. The summed E-state index contributed by atoms with van der Waals surface area (Å²) in [6, 6.07) is 13.8. The fourth-order valence-electron chi connectivity index (χ4n) is 4.21. The van der Waals surface area contributed by atoms with Gasteiger partial charge in [0, 0.05) is 17.5 Å². The number of nitrogens with zero attached hydrogens (tertiary/aromatic N) is 1. The Balaban J connectivity index is 1.64. The molecule has 3 heterocycles. The third-order valence-electron chi connectivity index (χ3n) is 5.47. The fourth-order valence-corrected chi connectivity index (χ4v) is 5.45. The number of rotatable bonds is 2. The van der Waals surface area contributed by atoms with E-state index in [9.17, 15) is 14.4 Å². The SMILES string of the molecule is COc1cccc(N2C(=O)[C@@H]3[C@@H]4C(=C(N)S[C@H]3C2=O)C(=O)Oc2ccccc24)c1. The summed E-state index contributed by atoms with van der Waals surface area (Å²) < 4.78 is 10.6. The number of amides is 2. The van der Waals surface area contributed by atoms with Crippen LogP contribution in [0.15, 0.2) is 59.1 Å². The van der Waals surface area contributed by atoms with E-state index >= 15 is 0 Å². The van der Waals surface area contributed by atoms with Crippen LogP contribution in [0.25, 0.3) is 0 Å². The summed E-state index contributed by atoms with van der Waals surface area (Å²) in [6.07, 6.45) is 0. The van der Waals surface area contributed by atoms with Crippen LogP contribution in [0.1, 0.15) is 11.5 Å². The number of benzene rings is 2. The zero-order valence-electron chi connectivity index (χ0n) is 15.3. The van der Waals surface area contributed by atoms with E-state index in [0.29, 0.717) is 22.7 Å². The minimum absolute atomic E-state index is 0.226. The molecule has 1 saturated heterocycles. The molecular formula is C21H16N2O5S. The number of hydrogen-bond acceptors (Lipinski definition) is 7. The van der Waals surface area contributed by atoms with Gasteiger partial charge in [-0.15, -0.1) is 0 Å². The lowest BCUT2D eigenvalue weighted by Gasteiger charge is -2.36. The number of fused-ring (bicyclic) bond motifs is 5. The Morgan fingerprint density at radius 2 is 1.86 bits per heavy atom. The summed E-state index contributed by atoms with van der Waals surface area (Å²) in [6.45, 7) is 0. The number of para-hydroxylation sites is 1. The fraction of sp³-hybridized carbons (Fsp3) is 0.190. The van der Waals surface area contributed by atoms with Crippen LogP contribution in [0.5, 0.6) is 11.5 Å². The first kappa shape index (κ1) is 17.8. The minimum atomic E-state index is -0.741. The summed E-state index contributed by atoms with van der Waals surface area (Å²) >= 11 is 1.05. The number of nitrogens with two attached hydrogens (primary N) is 1. The molecule has 0 radical (unpaired) electrons. The maximum Gasteiger partial charge on any atom is 0.342 e. The molecule has 5 rings (SSSR count). The number of thioether (sulfide) groups is 1. The third-order valence-corrected chi connectivity index (χ3v) is 6.70. The van der Waals surface area contributed by atoms with Crippen LogP contribution in [0, 0.1) is 5.92 Å².